The molecule has 3 rings (SSSR count). The molecule has 5 heteroatoms. The van der Waals surface area contributed by atoms with Gasteiger partial charge in [-0.25, -0.2) is 4.98 Å². The van der Waals surface area contributed by atoms with Gasteiger partial charge < -0.3 is 10.5 Å². The second kappa shape index (κ2) is 5.63. The number of ether oxygens (including phenoxy) is 1. The summed E-state index contributed by atoms with van der Waals surface area (Å²) in [5.74, 6) is 1.53. The summed E-state index contributed by atoms with van der Waals surface area (Å²) in [6.45, 7) is 0.596. The fourth-order valence-corrected chi connectivity index (χ4v) is 3.08. The molecule has 0 radical (unpaired) electrons. The first-order chi connectivity index (χ1) is 9.74. The molecule has 1 saturated carbocycles. The van der Waals surface area contributed by atoms with Gasteiger partial charge in [0.1, 0.15) is 11.6 Å². The quantitative estimate of drug-likeness (QED) is 0.634. The highest BCUT2D eigenvalue weighted by Gasteiger charge is 2.30. The molecule has 0 atom stereocenters. The number of nitrogens with two attached hydrogens (primary N) is 1. The number of hydrogen-bond acceptors (Lipinski definition) is 4. The van der Waals surface area contributed by atoms with E-state index in [2.05, 4.69) is 4.98 Å². The summed E-state index contributed by atoms with van der Waals surface area (Å²) in [7, 11) is 0. The molecule has 1 fully saturated rings. The van der Waals surface area contributed by atoms with Crippen LogP contribution >= 0.6 is 11.3 Å². The lowest BCUT2D eigenvalue weighted by molar-refractivity contribution is 0.321. The van der Waals surface area contributed by atoms with Gasteiger partial charge in [0.25, 0.3) is 0 Å². The summed E-state index contributed by atoms with van der Waals surface area (Å²) in [5, 5.41) is 8.65. The van der Waals surface area contributed by atoms with Crippen LogP contribution in [0.3, 0.4) is 0 Å². The number of para-hydroxylation sites is 1. The van der Waals surface area contributed by atoms with Gasteiger partial charge in [0.2, 0.25) is 0 Å². The van der Waals surface area contributed by atoms with Gasteiger partial charge in [0.15, 0.2) is 0 Å². The Labute approximate surface area is 122 Å². The average molecular weight is 287 g/mol. The van der Waals surface area contributed by atoms with Gasteiger partial charge in [-0.3, -0.25) is 5.41 Å². The molecule has 0 bridgehead atoms. The third-order valence-corrected chi connectivity index (χ3v) is 4.40. The summed E-state index contributed by atoms with van der Waals surface area (Å²) < 4.78 is 5.68. The third kappa shape index (κ3) is 2.99. The van der Waals surface area contributed by atoms with Crippen molar-refractivity contribution in [3.05, 3.63) is 45.9 Å². The Morgan fingerprint density at radius 3 is 2.75 bits per heavy atom. The van der Waals surface area contributed by atoms with Crippen molar-refractivity contribution < 1.29 is 4.74 Å². The van der Waals surface area contributed by atoms with Gasteiger partial charge in [-0.05, 0) is 25.0 Å². The molecule has 4 nitrogen and oxygen atoms in total. The first-order valence-corrected chi connectivity index (χ1v) is 7.57. The van der Waals surface area contributed by atoms with Gasteiger partial charge in [-0.15, -0.1) is 11.3 Å². The predicted octanol–water partition coefficient (Wildman–Crippen LogP) is 2.93. The molecule has 20 heavy (non-hydrogen) atoms. The van der Waals surface area contributed by atoms with Gasteiger partial charge in [0.05, 0.1) is 22.2 Å². The molecule has 0 amide bonds. The molecule has 1 aliphatic rings. The van der Waals surface area contributed by atoms with E-state index in [1.807, 2.05) is 30.3 Å². The molecule has 0 unspecified atom stereocenters. The predicted molar refractivity (Wildman–Crippen MR) is 80.7 cm³/mol. The molecule has 0 saturated heterocycles. The number of amidine groups is 1. The average Bonchev–Trinajstić information content (AvgIpc) is 3.20. The van der Waals surface area contributed by atoms with Crippen molar-refractivity contribution in [2.45, 2.75) is 25.2 Å². The molecule has 1 aromatic heterocycles. The largest absolute Gasteiger partial charge is 0.493 e. The first kappa shape index (κ1) is 13.1. The zero-order valence-corrected chi connectivity index (χ0v) is 12.0. The van der Waals surface area contributed by atoms with Crippen molar-refractivity contribution in [2.24, 2.45) is 5.73 Å². The van der Waals surface area contributed by atoms with Crippen LogP contribution in [0.15, 0.2) is 30.3 Å². The number of benzene rings is 1. The minimum Gasteiger partial charge on any atom is -0.493 e. The van der Waals surface area contributed by atoms with Crippen LogP contribution in [0, 0.1) is 5.41 Å². The second-order valence-electron chi connectivity index (χ2n) is 4.92. The topological polar surface area (TPSA) is 72.0 Å². The van der Waals surface area contributed by atoms with Crippen LogP contribution in [0.1, 0.15) is 34.3 Å². The lowest BCUT2D eigenvalue weighted by atomic mass is 10.2. The number of nitrogens with one attached hydrogen (secondary N) is 1. The van der Waals surface area contributed by atoms with Crippen LogP contribution in [-0.2, 0) is 6.42 Å². The van der Waals surface area contributed by atoms with Crippen LogP contribution in [0.25, 0.3) is 0 Å². The highest BCUT2D eigenvalue weighted by atomic mass is 32.1. The van der Waals surface area contributed by atoms with E-state index >= 15 is 0 Å². The molecule has 1 heterocycles. The van der Waals surface area contributed by atoms with Crippen molar-refractivity contribution in [3.63, 3.8) is 0 Å². The smallest absolute Gasteiger partial charge is 0.135 e. The van der Waals surface area contributed by atoms with Crippen LogP contribution in [-0.4, -0.2) is 17.4 Å². The van der Waals surface area contributed by atoms with E-state index in [-0.39, 0.29) is 5.84 Å². The van der Waals surface area contributed by atoms with Crippen LogP contribution in [0.5, 0.6) is 5.75 Å². The molecular weight excluding hydrogens is 270 g/mol. The zero-order valence-electron chi connectivity index (χ0n) is 11.1. The summed E-state index contributed by atoms with van der Waals surface area (Å²) in [5.41, 5.74) is 6.66. The summed E-state index contributed by atoms with van der Waals surface area (Å²) >= 11 is 1.53. The van der Waals surface area contributed by atoms with Gasteiger partial charge >= 0.3 is 0 Å². The lowest BCUT2D eigenvalue weighted by Gasteiger charge is -2.03. The fourth-order valence-electron chi connectivity index (χ4n) is 2.08. The summed E-state index contributed by atoms with van der Waals surface area (Å²) in [6, 6.07) is 9.77. The number of nitrogen functional groups attached to an aromatic ring is 1. The van der Waals surface area contributed by atoms with E-state index in [0.29, 0.717) is 12.5 Å². The molecule has 2 aromatic rings. The van der Waals surface area contributed by atoms with Gasteiger partial charge in [-0.2, -0.15) is 0 Å². The molecule has 0 spiro atoms. The monoisotopic (exact) mass is 287 g/mol. The van der Waals surface area contributed by atoms with Crippen LogP contribution in [0.2, 0.25) is 0 Å². The minimum atomic E-state index is 0.139. The van der Waals surface area contributed by atoms with E-state index in [1.165, 1.54) is 24.2 Å². The van der Waals surface area contributed by atoms with E-state index in [1.54, 1.807) is 0 Å². The highest BCUT2D eigenvalue weighted by molar-refractivity contribution is 7.13. The van der Waals surface area contributed by atoms with E-state index < -0.39 is 0 Å². The Morgan fingerprint density at radius 1 is 1.35 bits per heavy atom. The fraction of sp³-hybridized carbons (Fsp3) is 0.333. The number of hydrogen-bond donors (Lipinski definition) is 2. The number of thiazole rings is 1. The van der Waals surface area contributed by atoms with Gasteiger partial charge in [-0.1, -0.05) is 18.2 Å². The van der Waals surface area contributed by atoms with Crippen molar-refractivity contribution in [3.8, 4) is 5.75 Å². The van der Waals surface area contributed by atoms with E-state index in [9.17, 15) is 0 Å². The molecule has 104 valence electrons. The SMILES string of the molecule is N=C(N)c1sc(CCOc2ccccc2)nc1C1CC1. The zero-order chi connectivity index (χ0) is 13.9. The minimum absolute atomic E-state index is 0.139. The van der Waals surface area contributed by atoms with Crippen LogP contribution < -0.4 is 10.5 Å². The Balaban J connectivity index is 1.63. The van der Waals surface area contributed by atoms with E-state index in [0.717, 1.165) is 27.7 Å². The van der Waals surface area contributed by atoms with Crippen molar-refractivity contribution >= 4 is 17.2 Å². The van der Waals surface area contributed by atoms with Crippen molar-refractivity contribution in [1.29, 1.82) is 5.41 Å². The number of aromatic nitrogens is 1. The molecule has 1 aromatic carbocycles. The molecular formula is C15H17N3OS. The Hall–Kier alpha value is -1.88. The number of rotatable bonds is 6. The summed E-state index contributed by atoms with van der Waals surface area (Å²) in [4.78, 5) is 5.49. The molecule has 0 aliphatic heterocycles. The second-order valence-corrected chi connectivity index (χ2v) is 6.01. The Bertz CT molecular complexity index is 605. The number of nitrogens with zero attached hydrogens (tertiary/aromatic N) is 1. The van der Waals surface area contributed by atoms with Crippen molar-refractivity contribution in [2.75, 3.05) is 6.61 Å². The maximum Gasteiger partial charge on any atom is 0.135 e. The Morgan fingerprint density at radius 2 is 2.10 bits per heavy atom. The summed E-state index contributed by atoms with van der Waals surface area (Å²) in [6.07, 6.45) is 3.10. The third-order valence-electron chi connectivity index (χ3n) is 3.23. The normalized spacial score (nSPS) is 14.2. The van der Waals surface area contributed by atoms with Crippen molar-refractivity contribution in [1.82, 2.24) is 4.98 Å². The maximum atomic E-state index is 7.64. The standard InChI is InChI=1S/C15H17N3OS/c16-15(17)14-13(10-6-7-10)18-12(20-14)8-9-19-11-4-2-1-3-5-11/h1-5,10H,6-9H2,(H3,16,17). The van der Waals surface area contributed by atoms with Crippen LogP contribution in [0.4, 0.5) is 0 Å². The highest BCUT2D eigenvalue weighted by Crippen LogP contribution is 2.42. The first-order valence-electron chi connectivity index (χ1n) is 6.76. The maximum absolute atomic E-state index is 7.64. The Kier molecular flexibility index (Phi) is 3.69. The van der Waals surface area contributed by atoms with Gasteiger partial charge in [0, 0.05) is 12.3 Å². The molecule has 3 N–H and O–H groups in total. The lowest BCUT2D eigenvalue weighted by Crippen LogP contribution is -2.11. The molecule has 1 aliphatic carbocycles. The van der Waals surface area contributed by atoms with E-state index in [4.69, 9.17) is 15.9 Å².